The Balaban J connectivity index is 1.25. The molecule has 3 aromatic carbocycles. The molecule has 5 rings (SSSR count). The van der Waals surface area contributed by atoms with Gasteiger partial charge in [0, 0.05) is 54.0 Å². The van der Waals surface area contributed by atoms with Crippen LogP contribution in [0.5, 0.6) is 0 Å². The van der Waals surface area contributed by atoms with Crippen LogP contribution >= 0.6 is 11.6 Å². The minimum absolute atomic E-state index is 0.181. The van der Waals surface area contributed by atoms with Crippen LogP contribution in [0, 0.1) is 0 Å². The van der Waals surface area contributed by atoms with Crippen LogP contribution in [-0.4, -0.2) is 61.3 Å². The first-order chi connectivity index (χ1) is 18.4. The van der Waals surface area contributed by atoms with Crippen molar-refractivity contribution in [3.63, 3.8) is 0 Å². The number of carbonyl (C=O) groups is 2. The van der Waals surface area contributed by atoms with Crippen LogP contribution in [0.25, 0.3) is 10.9 Å². The molecule has 1 fully saturated rings. The van der Waals surface area contributed by atoms with Gasteiger partial charge in [-0.1, -0.05) is 29.8 Å². The Kier molecular flexibility index (Phi) is 7.43. The van der Waals surface area contributed by atoms with Crippen LogP contribution in [0.2, 0.25) is 5.02 Å². The Labute approximate surface area is 226 Å². The highest BCUT2D eigenvalue weighted by Gasteiger charge is 2.25. The second-order valence-electron chi connectivity index (χ2n) is 8.67. The van der Waals surface area contributed by atoms with Gasteiger partial charge in [-0.2, -0.15) is 0 Å². The summed E-state index contributed by atoms with van der Waals surface area (Å²) in [4.78, 5) is 33.4. The van der Waals surface area contributed by atoms with Gasteiger partial charge in [0.25, 0.3) is 5.91 Å². The Hall–Kier alpha value is -4.15. The van der Waals surface area contributed by atoms with E-state index in [1.807, 2.05) is 12.1 Å². The number of rotatable bonds is 5. The van der Waals surface area contributed by atoms with Crippen molar-refractivity contribution in [2.75, 3.05) is 35.8 Å². The number of urea groups is 1. The van der Waals surface area contributed by atoms with Crippen molar-refractivity contribution in [2.24, 2.45) is 0 Å². The third kappa shape index (κ3) is 5.41. The van der Waals surface area contributed by atoms with Crippen molar-refractivity contribution in [3.8, 4) is 0 Å². The monoisotopic (exact) mass is 549 g/mol. The first-order valence-electron chi connectivity index (χ1n) is 11.9. The number of nitrogens with zero attached hydrogens (tertiary/aromatic N) is 4. The highest BCUT2D eigenvalue weighted by Crippen LogP contribution is 2.31. The molecule has 0 atom stereocenters. The minimum Gasteiger partial charge on any atom is -0.335 e. The van der Waals surface area contributed by atoms with Crippen molar-refractivity contribution in [1.82, 2.24) is 14.8 Å². The summed E-state index contributed by atoms with van der Waals surface area (Å²) in [6.07, 6.45) is 1.62. The summed E-state index contributed by atoms with van der Waals surface area (Å²) >= 11 is 5.89. The highest BCUT2D eigenvalue weighted by molar-refractivity contribution is 7.74. The molecule has 4 aromatic rings. The van der Waals surface area contributed by atoms with E-state index in [1.54, 1.807) is 82.7 Å². The molecular formula is C27H24ClN5O4S. The second-order valence-corrected chi connectivity index (χ2v) is 9.98. The highest BCUT2D eigenvalue weighted by atomic mass is 35.5. The van der Waals surface area contributed by atoms with E-state index in [2.05, 4.69) is 10.3 Å². The first kappa shape index (κ1) is 25.5. The number of piperazine rings is 1. The summed E-state index contributed by atoms with van der Waals surface area (Å²) in [7, 11) is -3.01. The molecule has 0 unspecified atom stereocenters. The van der Waals surface area contributed by atoms with E-state index in [1.165, 1.54) is 4.31 Å². The molecule has 0 aliphatic carbocycles. The van der Waals surface area contributed by atoms with Crippen LogP contribution in [-0.2, 0) is 10.9 Å². The normalized spacial score (nSPS) is 13.5. The van der Waals surface area contributed by atoms with Gasteiger partial charge in [-0.15, -0.1) is 0 Å². The third-order valence-corrected chi connectivity index (χ3v) is 7.34. The van der Waals surface area contributed by atoms with Crippen molar-refractivity contribution >= 4 is 62.4 Å². The lowest BCUT2D eigenvalue weighted by molar-refractivity contribution is 0.0671. The zero-order chi connectivity index (χ0) is 26.6. The van der Waals surface area contributed by atoms with E-state index in [4.69, 9.17) is 11.6 Å². The number of para-hydroxylation sites is 1. The summed E-state index contributed by atoms with van der Waals surface area (Å²) in [6, 6.07) is 22.1. The Bertz CT molecular complexity index is 1540. The summed E-state index contributed by atoms with van der Waals surface area (Å²) in [5.74, 6) is -0.181. The maximum absolute atomic E-state index is 13.1. The number of nitrogens with one attached hydrogen (secondary N) is 1. The van der Waals surface area contributed by atoms with Gasteiger partial charge in [-0.3, -0.25) is 9.78 Å². The number of hydrogen-bond donors (Lipinski definition) is 2. The second kappa shape index (κ2) is 11.1. The fraction of sp³-hybridized carbons (Fsp3) is 0.148. The molecule has 1 aliphatic rings. The van der Waals surface area contributed by atoms with Crippen molar-refractivity contribution in [1.29, 1.82) is 0 Å². The number of halogens is 1. The van der Waals surface area contributed by atoms with E-state index < -0.39 is 10.9 Å². The lowest BCUT2D eigenvalue weighted by Crippen LogP contribution is -2.51. The zero-order valence-corrected chi connectivity index (χ0v) is 21.8. The van der Waals surface area contributed by atoms with Gasteiger partial charge in [0.1, 0.15) is 0 Å². The number of hydrogen-bond acceptors (Lipinski definition) is 5. The van der Waals surface area contributed by atoms with Gasteiger partial charge < -0.3 is 15.1 Å². The lowest BCUT2D eigenvalue weighted by Gasteiger charge is -2.34. The topological polar surface area (TPSA) is 103 Å². The minimum atomic E-state index is -3.01. The van der Waals surface area contributed by atoms with Gasteiger partial charge in [-0.25, -0.2) is 17.5 Å². The molecule has 38 heavy (non-hydrogen) atoms. The van der Waals surface area contributed by atoms with Gasteiger partial charge >= 0.3 is 6.03 Å². The fourth-order valence-corrected chi connectivity index (χ4v) is 5.14. The molecule has 2 heterocycles. The van der Waals surface area contributed by atoms with E-state index in [9.17, 15) is 18.0 Å². The summed E-state index contributed by atoms with van der Waals surface area (Å²) in [5, 5.41) is 4.24. The average Bonchev–Trinajstić information content (AvgIpc) is 2.94. The molecule has 9 nitrogen and oxygen atoms in total. The number of anilines is 3. The Morgan fingerprint density at radius 2 is 1.50 bits per heavy atom. The number of amides is 3. The fourth-order valence-electron chi connectivity index (χ4n) is 4.36. The van der Waals surface area contributed by atoms with E-state index >= 15 is 0 Å². The molecule has 1 aromatic heterocycles. The quantitative estimate of drug-likeness (QED) is 0.356. The number of fused-ring (bicyclic) bond motifs is 1. The molecule has 1 aliphatic heterocycles. The maximum atomic E-state index is 13.1. The van der Waals surface area contributed by atoms with Gasteiger partial charge in [0.05, 0.1) is 16.9 Å². The zero-order valence-electron chi connectivity index (χ0n) is 20.2. The molecule has 0 bridgehead atoms. The number of thiol groups is 1. The average molecular weight is 550 g/mol. The molecule has 11 heteroatoms. The SMILES string of the molecule is O=C(Nc1ccc(Cl)cc1)N1CCN(C(=O)c2ccc(N(c3cccc4cccnc34)[SH](=O)=O)cc2)CC1. The summed E-state index contributed by atoms with van der Waals surface area (Å²) < 4.78 is 25.7. The Morgan fingerprint density at radius 3 is 2.18 bits per heavy atom. The summed E-state index contributed by atoms with van der Waals surface area (Å²) in [6.45, 7) is 1.55. The standard InChI is InChI=1S/C27H24ClN5O4S/c28-21-8-10-22(11-9-21)30-27(35)32-17-15-31(16-18-32)26(34)20-6-12-23(13-7-20)33(38(36)37)24-5-1-3-19-4-2-14-29-25(19)24/h1-14,38H,15-18H2,(H,30,35). The largest absolute Gasteiger partial charge is 0.335 e. The van der Waals surface area contributed by atoms with Crippen LogP contribution in [0.3, 0.4) is 0 Å². The first-order valence-corrected chi connectivity index (χ1v) is 13.4. The van der Waals surface area contributed by atoms with Gasteiger partial charge in [0.15, 0.2) is 0 Å². The number of carbonyl (C=O) groups excluding carboxylic acids is 2. The van der Waals surface area contributed by atoms with Crippen molar-refractivity contribution in [3.05, 3.63) is 95.6 Å². The molecule has 194 valence electrons. The number of aromatic nitrogens is 1. The number of benzene rings is 3. The molecule has 3 amide bonds. The van der Waals surface area contributed by atoms with Crippen LogP contribution in [0.15, 0.2) is 85.1 Å². The number of pyridine rings is 1. The Morgan fingerprint density at radius 1 is 0.842 bits per heavy atom. The molecule has 0 radical (unpaired) electrons. The maximum Gasteiger partial charge on any atom is 0.321 e. The van der Waals surface area contributed by atoms with Crippen LogP contribution in [0.4, 0.5) is 21.9 Å². The smallest absolute Gasteiger partial charge is 0.321 e. The molecule has 0 spiro atoms. The predicted molar refractivity (Wildman–Crippen MR) is 149 cm³/mol. The van der Waals surface area contributed by atoms with E-state index in [0.717, 1.165) is 5.39 Å². The van der Waals surface area contributed by atoms with Gasteiger partial charge in [0.2, 0.25) is 10.9 Å². The third-order valence-electron chi connectivity index (χ3n) is 6.31. The van der Waals surface area contributed by atoms with Crippen molar-refractivity contribution in [2.45, 2.75) is 0 Å². The van der Waals surface area contributed by atoms with Crippen LogP contribution in [0.1, 0.15) is 10.4 Å². The predicted octanol–water partition coefficient (Wildman–Crippen LogP) is 4.54. The van der Waals surface area contributed by atoms with E-state index in [0.29, 0.717) is 59.3 Å². The molecule has 1 saturated heterocycles. The summed E-state index contributed by atoms with van der Waals surface area (Å²) in [5.41, 5.74) is 2.48. The lowest BCUT2D eigenvalue weighted by atomic mass is 10.1. The van der Waals surface area contributed by atoms with Crippen molar-refractivity contribution < 1.29 is 18.0 Å². The van der Waals surface area contributed by atoms with E-state index in [-0.39, 0.29) is 11.9 Å². The van der Waals surface area contributed by atoms with Gasteiger partial charge in [-0.05, 0) is 60.7 Å². The van der Waals surface area contributed by atoms with Crippen LogP contribution < -0.4 is 9.62 Å². The molecule has 0 saturated carbocycles. The molecular weight excluding hydrogens is 526 g/mol. The molecule has 1 N–H and O–H groups in total.